The Morgan fingerprint density at radius 2 is 1.71 bits per heavy atom. The third kappa shape index (κ3) is 4.37. The van der Waals surface area contributed by atoms with E-state index in [1.165, 1.54) is 5.56 Å². The van der Waals surface area contributed by atoms with Gasteiger partial charge in [0.25, 0.3) is 5.91 Å². The summed E-state index contributed by atoms with van der Waals surface area (Å²) < 4.78 is 3.87. The maximum Gasteiger partial charge on any atom is 0.267 e. The van der Waals surface area contributed by atoms with E-state index < -0.39 is 5.41 Å². The fraction of sp³-hybridized carbons (Fsp3) is 0.333. The number of likely N-dealkylation sites (tertiary alicyclic amines) is 1. The van der Waals surface area contributed by atoms with Gasteiger partial charge in [-0.25, -0.2) is 0 Å². The molecule has 1 atom stereocenters. The molecule has 0 aliphatic carbocycles. The van der Waals surface area contributed by atoms with Crippen molar-refractivity contribution in [2.24, 2.45) is 11.1 Å². The first-order chi connectivity index (χ1) is 14.9. The molecule has 1 aliphatic heterocycles. The number of carbonyl (C=O) groups is 2. The Labute approximate surface area is 186 Å². The minimum atomic E-state index is -0.773. The number of nitrogens with zero attached hydrogens (tertiary/aromatic N) is 3. The number of amides is 2. The number of primary amides is 1. The molecule has 160 valence electrons. The standard InChI is InChI=1S/C24H26N4O2S/c1-16-4-8-19(9-5-16)20-10-6-18(7-11-20)14-24(23(25)30)12-3-13-28(15-24)22(29)21-17(2)26-27-31-21/h4-11H,3,12-15H2,1-2H3,(H2,25,30)/t24-/m0/s1. The summed E-state index contributed by atoms with van der Waals surface area (Å²) in [6.07, 6.45) is 1.92. The minimum Gasteiger partial charge on any atom is -0.369 e. The van der Waals surface area contributed by atoms with Crippen molar-refractivity contribution in [3.8, 4) is 11.1 Å². The van der Waals surface area contributed by atoms with Crippen molar-refractivity contribution in [3.05, 3.63) is 70.2 Å². The van der Waals surface area contributed by atoms with Crippen LogP contribution in [-0.4, -0.2) is 39.4 Å². The van der Waals surface area contributed by atoms with E-state index in [4.69, 9.17) is 5.73 Å². The highest BCUT2D eigenvalue weighted by Gasteiger charge is 2.42. The molecule has 2 amide bonds. The summed E-state index contributed by atoms with van der Waals surface area (Å²) in [5.74, 6) is -0.473. The largest absolute Gasteiger partial charge is 0.369 e. The Balaban J connectivity index is 1.54. The van der Waals surface area contributed by atoms with E-state index in [-0.39, 0.29) is 11.8 Å². The molecule has 2 aromatic carbocycles. The Hall–Kier alpha value is -3.06. The molecule has 0 radical (unpaired) electrons. The van der Waals surface area contributed by atoms with E-state index in [1.54, 1.807) is 11.8 Å². The molecular formula is C24H26N4O2S. The summed E-state index contributed by atoms with van der Waals surface area (Å²) >= 11 is 1.10. The molecule has 1 aromatic heterocycles. The number of carbonyl (C=O) groups excluding carboxylic acids is 2. The molecule has 3 aromatic rings. The smallest absolute Gasteiger partial charge is 0.267 e. The van der Waals surface area contributed by atoms with E-state index >= 15 is 0 Å². The molecule has 1 aliphatic rings. The van der Waals surface area contributed by atoms with Gasteiger partial charge >= 0.3 is 0 Å². The zero-order chi connectivity index (χ0) is 22.0. The van der Waals surface area contributed by atoms with Crippen LogP contribution < -0.4 is 5.73 Å². The van der Waals surface area contributed by atoms with Crippen LogP contribution >= 0.6 is 11.5 Å². The minimum absolute atomic E-state index is 0.118. The molecule has 6 nitrogen and oxygen atoms in total. The number of nitrogens with two attached hydrogens (primary N) is 1. The van der Waals surface area contributed by atoms with Gasteiger partial charge in [-0.1, -0.05) is 58.6 Å². The van der Waals surface area contributed by atoms with Crippen molar-refractivity contribution in [1.29, 1.82) is 0 Å². The van der Waals surface area contributed by atoms with Gasteiger partial charge in [0.05, 0.1) is 11.1 Å². The fourth-order valence-electron chi connectivity index (χ4n) is 4.26. The Morgan fingerprint density at radius 1 is 1.06 bits per heavy atom. The topological polar surface area (TPSA) is 89.2 Å². The highest BCUT2D eigenvalue weighted by Crippen LogP contribution is 2.35. The van der Waals surface area contributed by atoms with Crippen LogP contribution in [0.15, 0.2) is 48.5 Å². The Bertz CT molecular complexity index is 1090. The summed E-state index contributed by atoms with van der Waals surface area (Å²) in [7, 11) is 0. The maximum absolute atomic E-state index is 13.0. The lowest BCUT2D eigenvalue weighted by Gasteiger charge is -2.40. The van der Waals surface area contributed by atoms with Gasteiger partial charge in [-0.3, -0.25) is 9.59 Å². The maximum atomic E-state index is 13.0. The lowest BCUT2D eigenvalue weighted by atomic mass is 9.74. The summed E-state index contributed by atoms with van der Waals surface area (Å²) in [4.78, 5) is 27.8. The third-order valence-corrected chi connectivity index (χ3v) is 6.93. The second-order valence-corrected chi connectivity index (χ2v) is 9.16. The van der Waals surface area contributed by atoms with Crippen LogP contribution in [0, 0.1) is 19.3 Å². The van der Waals surface area contributed by atoms with Crippen molar-refractivity contribution in [2.45, 2.75) is 33.1 Å². The van der Waals surface area contributed by atoms with E-state index in [2.05, 4.69) is 65.0 Å². The van der Waals surface area contributed by atoms with Gasteiger partial charge in [-0.15, -0.1) is 5.10 Å². The first kappa shape index (κ1) is 21.2. The summed E-state index contributed by atoms with van der Waals surface area (Å²) in [6.45, 7) is 4.77. The molecule has 2 heterocycles. The van der Waals surface area contributed by atoms with Gasteiger partial charge in [0, 0.05) is 13.1 Å². The number of benzene rings is 2. The number of aryl methyl sites for hydroxylation is 2. The predicted octanol–water partition coefficient (Wildman–Crippen LogP) is 3.77. The SMILES string of the molecule is Cc1ccc(-c2ccc(C[C@@]3(C(N)=O)CCCN(C(=O)c4snnc4C)C3)cc2)cc1. The quantitative estimate of drug-likeness (QED) is 0.662. The second-order valence-electron chi connectivity index (χ2n) is 8.40. The van der Waals surface area contributed by atoms with Gasteiger partial charge in [0.15, 0.2) is 0 Å². The van der Waals surface area contributed by atoms with Crippen LogP contribution in [0.25, 0.3) is 11.1 Å². The molecule has 2 N–H and O–H groups in total. The molecular weight excluding hydrogens is 408 g/mol. The van der Waals surface area contributed by atoms with Crippen LogP contribution in [0.4, 0.5) is 0 Å². The molecule has 0 bridgehead atoms. The predicted molar refractivity (Wildman–Crippen MR) is 122 cm³/mol. The molecule has 1 fully saturated rings. The lowest BCUT2D eigenvalue weighted by Crippen LogP contribution is -2.53. The van der Waals surface area contributed by atoms with Crippen LogP contribution in [0.2, 0.25) is 0 Å². The Kier molecular flexibility index (Phi) is 5.87. The molecule has 1 saturated heterocycles. The van der Waals surface area contributed by atoms with Crippen molar-refractivity contribution in [3.63, 3.8) is 0 Å². The number of rotatable bonds is 5. The summed E-state index contributed by atoms with van der Waals surface area (Å²) in [5, 5.41) is 3.94. The van der Waals surface area contributed by atoms with Crippen molar-refractivity contribution in [2.75, 3.05) is 13.1 Å². The van der Waals surface area contributed by atoms with Crippen molar-refractivity contribution >= 4 is 23.3 Å². The van der Waals surface area contributed by atoms with E-state index in [9.17, 15) is 9.59 Å². The van der Waals surface area contributed by atoms with E-state index in [1.807, 2.05) is 0 Å². The average molecular weight is 435 g/mol. The normalized spacial score (nSPS) is 18.7. The highest BCUT2D eigenvalue weighted by molar-refractivity contribution is 7.07. The second kappa shape index (κ2) is 8.59. The van der Waals surface area contributed by atoms with E-state index in [0.29, 0.717) is 36.5 Å². The van der Waals surface area contributed by atoms with Gasteiger partial charge in [0.2, 0.25) is 5.91 Å². The third-order valence-electron chi connectivity index (χ3n) is 6.11. The van der Waals surface area contributed by atoms with Gasteiger partial charge in [0.1, 0.15) is 4.88 Å². The summed E-state index contributed by atoms with van der Waals surface area (Å²) in [6, 6.07) is 16.7. The lowest BCUT2D eigenvalue weighted by molar-refractivity contribution is -0.130. The number of aromatic nitrogens is 2. The fourth-order valence-corrected chi connectivity index (χ4v) is 4.89. The highest BCUT2D eigenvalue weighted by atomic mass is 32.1. The van der Waals surface area contributed by atoms with Crippen LogP contribution in [0.1, 0.15) is 39.3 Å². The van der Waals surface area contributed by atoms with Gasteiger partial charge < -0.3 is 10.6 Å². The number of hydrogen-bond donors (Lipinski definition) is 1. The van der Waals surface area contributed by atoms with Crippen molar-refractivity contribution < 1.29 is 9.59 Å². The average Bonchev–Trinajstić information content (AvgIpc) is 3.20. The number of piperidine rings is 1. The van der Waals surface area contributed by atoms with Crippen LogP contribution in [0.5, 0.6) is 0 Å². The zero-order valence-corrected chi connectivity index (χ0v) is 18.6. The molecule has 31 heavy (non-hydrogen) atoms. The zero-order valence-electron chi connectivity index (χ0n) is 17.8. The molecule has 7 heteroatoms. The van der Waals surface area contributed by atoms with Crippen molar-refractivity contribution in [1.82, 2.24) is 14.5 Å². The van der Waals surface area contributed by atoms with Gasteiger partial charge in [-0.2, -0.15) is 0 Å². The first-order valence-corrected chi connectivity index (χ1v) is 11.2. The van der Waals surface area contributed by atoms with Crippen LogP contribution in [-0.2, 0) is 11.2 Å². The van der Waals surface area contributed by atoms with Gasteiger partial charge in [-0.05, 0) is 61.3 Å². The summed E-state index contributed by atoms with van der Waals surface area (Å²) in [5.41, 5.74) is 10.3. The van der Waals surface area contributed by atoms with Crippen LogP contribution in [0.3, 0.4) is 0 Å². The first-order valence-electron chi connectivity index (χ1n) is 10.4. The molecule has 0 saturated carbocycles. The molecule has 0 unspecified atom stereocenters. The molecule has 0 spiro atoms. The number of hydrogen-bond acceptors (Lipinski definition) is 5. The Morgan fingerprint density at radius 3 is 2.29 bits per heavy atom. The molecule has 4 rings (SSSR count). The monoisotopic (exact) mass is 434 g/mol. The van der Waals surface area contributed by atoms with E-state index in [0.717, 1.165) is 34.6 Å².